The van der Waals surface area contributed by atoms with E-state index < -0.39 is 24.1 Å². The zero-order chi connectivity index (χ0) is 25.8. The Morgan fingerprint density at radius 1 is 0.800 bits per heavy atom. The van der Waals surface area contributed by atoms with E-state index in [0.29, 0.717) is 35.5 Å². The van der Waals surface area contributed by atoms with Crippen LogP contribution in [0.5, 0.6) is 0 Å². The lowest BCUT2D eigenvalue weighted by Crippen LogP contribution is -2.62. The third kappa shape index (κ3) is 3.57. The summed E-state index contributed by atoms with van der Waals surface area (Å²) in [7, 11) is 0. The van der Waals surface area contributed by atoms with Gasteiger partial charge in [0, 0.05) is 6.42 Å². The second-order valence-corrected chi connectivity index (χ2v) is 15.3. The largest absolute Gasteiger partial charge is 0.393 e. The van der Waals surface area contributed by atoms with Crippen LogP contribution in [0.15, 0.2) is 0 Å². The van der Waals surface area contributed by atoms with Crippen LogP contribution in [0, 0.1) is 51.2 Å². The number of aliphatic hydroxyl groups excluding tert-OH is 3. The minimum absolute atomic E-state index is 0.0182. The quantitative estimate of drug-likeness (QED) is 0.450. The van der Waals surface area contributed by atoms with E-state index in [1.54, 1.807) is 13.8 Å². The highest BCUT2D eigenvalue weighted by Gasteiger charge is 2.68. The SMILES string of the molecule is CC(C)(O)[C@@H](O)[C@@H]1OC(O)C[C@@H]1[C@H]1CC[C@@]2(C)C3CC[C@@H]4C(C)(C)[C@@H](O)CC[C@@]4(C)[C@@H]3CC[C@@]12C. The number of hydrogen-bond donors (Lipinski definition) is 4. The minimum atomic E-state index is -1.27. The Labute approximate surface area is 213 Å². The molecule has 0 radical (unpaired) electrons. The van der Waals surface area contributed by atoms with Crippen molar-refractivity contribution < 1.29 is 25.2 Å². The second kappa shape index (κ2) is 8.15. The van der Waals surface area contributed by atoms with Gasteiger partial charge in [0.2, 0.25) is 0 Å². The fourth-order valence-corrected chi connectivity index (χ4v) is 11.0. The van der Waals surface area contributed by atoms with Crippen LogP contribution in [0.1, 0.15) is 106 Å². The third-order valence-electron chi connectivity index (χ3n) is 13.3. The van der Waals surface area contributed by atoms with Gasteiger partial charge in [-0.05, 0) is 116 Å². The Bertz CT molecular complexity index is 820. The minimum Gasteiger partial charge on any atom is -0.393 e. The van der Waals surface area contributed by atoms with Crippen LogP contribution in [0.3, 0.4) is 0 Å². The Hall–Kier alpha value is -0.200. The first-order valence-electron chi connectivity index (χ1n) is 14.5. The van der Waals surface area contributed by atoms with Gasteiger partial charge >= 0.3 is 0 Å². The maximum absolute atomic E-state index is 11.0. The van der Waals surface area contributed by atoms with Crippen molar-refractivity contribution in [1.29, 1.82) is 0 Å². The van der Waals surface area contributed by atoms with Crippen molar-refractivity contribution in [2.24, 2.45) is 51.2 Å². The molecule has 5 rings (SSSR count). The van der Waals surface area contributed by atoms with E-state index in [1.165, 1.54) is 32.1 Å². The van der Waals surface area contributed by atoms with Gasteiger partial charge < -0.3 is 25.2 Å². The number of aliphatic hydroxyl groups is 4. The lowest BCUT2D eigenvalue weighted by Gasteiger charge is -2.67. The van der Waals surface area contributed by atoms with E-state index in [0.717, 1.165) is 19.3 Å². The maximum atomic E-state index is 11.0. The van der Waals surface area contributed by atoms with Gasteiger partial charge in [-0.15, -0.1) is 0 Å². The first kappa shape index (κ1) is 26.4. The summed E-state index contributed by atoms with van der Waals surface area (Å²) >= 11 is 0. The van der Waals surface area contributed by atoms with Gasteiger partial charge in [0.05, 0.1) is 17.8 Å². The molecule has 5 fully saturated rings. The molecule has 5 heteroatoms. The molecule has 5 aliphatic rings. The maximum Gasteiger partial charge on any atom is 0.155 e. The van der Waals surface area contributed by atoms with E-state index in [2.05, 4.69) is 34.6 Å². The van der Waals surface area contributed by atoms with Gasteiger partial charge in [-0.2, -0.15) is 0 Å². The molecule has 4 aliphatic carbocycles. The summed E-state index contributed by atoms with van der Waals surface area (Å²) in [6, 6.07) is 0. The van der Waals surface area contributed by atoms with Crippen LogP contribution in [0.2, 0.25) is 0 Å². The molecule has 0 aromatic carbocycles. The molecule has 0 amide bonds. The molecule has 1 heterocycles. The molecule has 0 spiro atoms. The van der Waals surface area contributed by atoms with Crippen molar-refractivity contribution in [3.05, 3.63) is 0 Å². The van der Waals surface area contributed by atoms with Crippen LogP contribution in [-0.4, -0.2) is 50.6 Å². The molecule has 0 bridgehead atoms. The zero-order valence-electron chi connectivity index (χ0n) is 23.3. The summed E-state index contributed by atoms with van der Waals surface area (Å²) < 4.78 is 5.88. The Kier molecular flexibility index (Phi) is 6.15. The summed E-state index contributed by atoms with van der Waals surface area (Å²) in [5.74, 6) is 2.40. The molecule has 202 valence electrons. The van der Waals surface area contributed by atoms with Gasteiger partial charge in [0.15, 0.2) is 6.29 Å². The van der Waals surface area contributed by atoms with E-state index >= 15 is 0 Å². The molecule has 4 N–H and O–H groups in total. The first-order chi connectivity index (χ1) is 16.1. The Morgan fingerprint density at radius 3 is 2.03 bits per heavy atom. The number of hydrogen-bond acceptors (Lipinski definition) is 5. The van der Waals surface area contributed by atoms with E-state index in [9.17, 15) is 20.4 Å². The van der Waals surface area contributed by atoms with Gasteiger partial charge in [0.25, 0.3) is 0 Å². The van der Waals surface area contributed by atoms with Crippen LogP contribution in [0.25, 0.3) is 0 Å². The van der Waals surface area contributed by atoms with Crippen molar-refractivity contribution in [2.75, 3.05) is 0 Å². The Morgan fingerprint density at radius 2 is 1.40 bits per heavy atom. The standard InChI is InChI=1S/C30H52O5/c1-26(2)21-9-8-20-19(28(21,5)13-12-22(26)31)11-15-29(6)18(10-14-30(20,29)7)17-16-23(32)35-24(17)25(33)27(3,4)34/h17-25,31-34H,8-16H2,1-7H3/t17-,18-,19-,20?,21-,22+,23?,24-,25+,28+,29+,30+/m1/s1. The van der Waals surface area contributed by atoms with Gasteiger partial charge in [-0.1, -0.05) is 34.6 Å². The molecule has 1 saturated heterocycles. The third-order valence-corrected chi connectivity index (χ3v) is 13.3. The number of fused-ring (bicyclic) bond motifs is 5. The number of ether oxygens (including phenoxy) is 1. The van der Waals surface area contributed by atoms with Crippen molar-refractivity contribution in [1.82, 2.24) is 0 Å². The summed E-state index contributed by atoms with van der Waals surface area (Å²) in [5.41, 5.74) is -0.627. The lowest BCUT2D eigenvalue weighted by atomic mass is 9.38. The molecule has 12 atom stereocenters. The second-order valence-electron chi connectivity index (χ2n) is 15.3. The molecule has 0 aromatic heterocycles. The molecule has 0 aromatic rings. The topological polar surface area (TPSA) is 90.2 Å². The van der Waals surface area contributed by atoms with Crippen molar-refractivity contribution in [3.63, 3.8) is 0 Å². The zero-order valence-corrected chi connectivity index (χ0v) is 23.3. The highest BCUT2D eigenvalue weighted by molar-refractivity contribution is 5.17. The molecular formula is C30H52O5. The fraction of sp³-hybridized carbons (Fsp3) is 1.00. The lowest BCUT2D eigenvalue weighted by molar-refractivity contribution is -0.204. The molecule has 2 unspecified atom stereocenters. The summed E-state index contributed by atoms with van der Waals surface area (Å²) in [5, 5.41) is 42.9. The predicted octanol–water partition coefficient (Wildman–Crippen LogP) is 4.89. The smallest absolute Gasteiger partial charge is 0.155 e. The normalized spacial score (nSPS) is 54.6. The molecular weight excluding hydrogens is 440 g/mol. The van der Waals surface area contributed by atoms with Crippen LogP contribution >= 0.6 is 0 Å². The predicted molar refractivity (Wildman–Crippen MR) is 136 cm³/mol. The Balaban J connectivity index is 1.45. The highest BCUT2D eigenvalue weighted by Crippen LogP contribution is 2.75. The fourth-order valence-electron chi connectivity index (χ4n) is 11.0. The van der Waals surface area contributed by atoms with Crippen LogP contribution < -0.4 is 0 Å². The first-order valence-corrected chi connectivity index (χ1v) is 14.5. The van der Waals surface area contributed by atoms with Crippen molar-refractivity contribution in [3.8, 4) is 0 Å². The van der Waals surface area contributed by atoms with Crippen LogP contribution in [0.4, 0.5) is 0 Å². The van der Waals surface area contributed by atoms with Crippen molar-refractivity contribution >= 4 is 0 Å². The van der Waals surface area contributed by atoms with Crippen LogP contribution in [-0.2, 0) is 4.74 Å². The molecule has 4 saturated carbocycles. The van der Waals surface area contributed by atoms with E-state index in [4.69, 9.17) is 4.74 Å². The van der Waals surface area contributed by atoms with Gasteiger partial charge in [0.1, 0.15) is 6.10 Å². The highest BCUT2D eigenvalue weighted by atomic mass is 16.6. The summed E-state index contributed by atoms with van der Waals surface area (Å²) in [4.78, 5) is 0. The summed E-state index contributed by atoms with van der Waals surface area (Å²) in [6.45, 7) is 15.5. The molecule has 1 aliphatic heterocycles. The molecule has 5 nitrogen and oxygen atoms in total. The monoisotopic (exact) mass is 492 g/mol. The van der Waals surface area contributed by atoms with E-state index in [1.807, 2.05) is 0 Å². The molecule has 35 heavy (non-hydrogen) atoms. The van der Waals surface area contributed by atoms with Gasteiger partial charge in [-0.25, -0.2) is 0 Å². The van der Waals surface area contributed by atoms with E-state index in [-0.39, 0.29) is 28.3 Å². The summed E-state index contributed by atoms with van der Waals surface area (Å²) in [6.07, 6.45) is 7.20. The number of rotatable bonds is 3. The average Bonchev–Trinajstić information content (AvgIpc) is 3.26. The average molecular weight is 493 g/mol. The van der Waals surface area contributed by atoms with Crippen molar-refractivity contribution in [2.45, 2.75) is 136 Å². The van der Waals surface area contributed by atoms with Gasteiger partial charge in [-0.3, -0.25) is 0 Å².